The van der Waals surface area contributed by atoms with Gasteiger partial charge in [-0.15, -0.1) is 22.7 Å². The summed E-state index contributed by atoms with van der Waals surface area (Å²) in [6.07, 6.45) is 1.12. The van der Waals surface area contributed by atoms with Gasteiger partial charge in [0.15, 0.2) is 0 Å². The Balaban J connectivity index is 2.33. The first kappa shape index (κ1) is 14.5. The minimum atomic E-state index is 0.255. The molecule has 1 unspecified atom stereocenters. The molecule has 0 aliphatic carbocycles. The van der Waals surface area contributed by atoms with Crippen LogP contribution in [0.15, 0.2) is 22.0 Å². The zero-order valence-corrected chi connectivity index (χ0v) is 14.3. The van der Waals surface area contributed by atoms with Crippen LogP contribution >= 0.6 is 50.2 Å². The molecule has 0 saturated carbocycles. The molecule has 0 aromatic carbocycles. The summed E-state index contributed by atoms with van der Waals surface area (Å²) < 4.78 is 2.03. The molecule has 2 aromatic rings. The fourth-order valence-electron chi connectivity index (χ4n) is 1.88. The second-order valence-corrected chi connectivity index (χ2v) is 8.47. The van der Waals surface area contributed by atoms with E-state index in [0.29, 0.717) is 0 Å². The molecule has 0 bridgehead atoms. The van der Waals surface area contributed by atoms with Crippen molar-refractivity contribution in [1.29, 1.82) is 0 Å². The van der Waals surface area contributed by atoms with Gasteiger partial charge >= 0.3 is 0 Å². The Morgan fingerprint density at radius 2 is 2.17 bits per heavy atom. The van der Waals surface area contributed by atoms with E-state index in [2.05, 4.69) is 47.2 Å². The highest BCUT2D eigenvalue weighted by Gasteiger charge is 2.19. The van der Waals surface area contributed by atoms with Gasteiger partial charge in [0, 0.05) is 9.75 Å². The van der Waals surface area contributed by atoms with Gasteiger partial charge in [0.05, 0.1) is 14.2 Å². The topological polar surface area (TPSA) is 12.0 Å². The molecule has 98 valence electrons. The number of hydrogen-bond donors (Lipinski definition) is 1. The highest BCUT2D eigenvalue weighted by molar-refractivity contribution is 9.11. The van der Waals surface area contributed by atoms with E-state index in [1.165, 1.54) is 19.1 Å². The monoisotopic (exact) mass is 363 g/mol. The van der Waals surface area contributed by atoms with E-state index < -0.39 is 0 Å². The molecular weight excluding hydrogens is 350 g/mol. The van der Waals surface area contributed by atoms with Crippen molar-refractivity contribution in [3.63, 3.8) is 0 Å². The van der Waals surface area contributed by atoms with Crippen molar-refractivity contribution in [1.82, 2.24) is 5.32 Å². The molecule has 2 rings (SSSR count). The van der Waals surface area contributed by atoms with Gasteiger partial charge in [0.25, 0.3) is 0 Å². The van der Waals surface area contributed by atoms with Crippen molar-refractivity contribution in [3.05, 3.63) is 41.6 Å². The standard InChI is InChI=1S/C13H15BrClNS2/c1-3-6-16-13(10-4-5-12(15)18-10)9-7-11(14)17-8(9)2/h4-5,7,13,16H,3,6H2,1-2H3. The average molecular weight is 365 g/mol. The van der Waals surface area contributed by atoms with Crippen LogP contribution in [0.1, 0.15) is 34.7 Å². The van der Waals surface area contributed by atoms with Crippen LogP contribution in [0.3, 0.4) is 0 Å². The summed E-state index contributed by atoms with van der Waals surface area (Å²) in [5.74, 6) is 0. The Hall–Kier alpha value is 0.130. The summed E-state index contributed by atoms with van der Waals surface area (Å²) in [6, 6.07) is 6.55. The van der Waals surface area contributed by atoms with Gasteiger partial charge in [0.2, 0.25) is 0 Å². The molecule has 0 radical (unpaired) electrons. The maximum Gasteiger partial charge on any atom is 0.0931 e. The van der Waals surface area contributed by atoms with Crippen LogP contribution in [0.25, 0.3) is 0 Å². The average Bonchev–Trinajstić information content (AvgIpc) is 2.87. The van der Waals surface area contributed by atoms with Crippen LogP contribution in [0.4, 0.5) is 0 Å². The molecule has 2 heterocycles. The Morgan fingerprint density at radius 3 is 2.67 bits per heavy atom. The summed E-state index contributed by atoms with van der Waals surface area (Å²) >= 11 is 13.1. The smallest absolute Gasteiger partial charge is 0.0931 e. The van der Waals surface area contributed by atoms with Crippen molar-refractivity contribution in [2.24, 2.45) is 0 Å². The number of rotatable bonds is 5. The largest absolute Gasteiger partial charge is 0.306 e. The van der Waals surface area contributed by atoms with E-state index in [4.69, 9.17) is 11.6 Å². The van der Waals surface area contributed by atoms with Gasteiger partial charge in [-0.25, -0.2) is 0 Å². The van der Waals surface area contributed by atoms with Gasteiger partial charge in [0.1, 0.15) is 0 Å². The summed E-state index contributed by atoms with van der Waals surface area (Å²) in [5.41, 5.74) is 1.35. The molecule has 1 N–H and O–H groups in total. The third-order valence-electron chi connectivity index (χ3n) is 2.71. The molecule has 18 heavy (non-hydrogen) atoms. The van der Waals surface area contributed by atoms with E-state index >= 15 is 0 Å². The third kappa shape index (κ3) is 3.36. The lowest BCUT2D eigenvalue weighted by atomic mass is 10.1. The van der Waals surface area contributed by atoms with E-state index in [1.54, 1.807) is 22.7 Å². The van der Waals surface area contributed by atoms with Gasteiger partial charge in [-0.2, -0.15) is 0 Å². The Kier molecular flexibility index (Phi) is 5.27. The summed E-state index contributed by atoms with van der Waals surface area (Å²) in [6.45, 7) is 5.36. The van der Waals surface area contributed by atoms with Gasteiger partial charge in [-0.3, -0.25) is 0 Å². The highest BCUT2D eigenvalue weighted by atomic mass is 79.9. The number of nitrogens with one attached hydrogen (secondary N) is 1. The van der Waals surface area contributed by atoms with Crippen LogP contribution in [-0.2, 0) is 0 Å². The van der Waals surface area contributed by atoms with Crippen LogP contribution in [-0.4, -0.2) is 6.54 Å². The van der Waals surface area contributed by atoms with E-state index in [-0.39, 0.29) is 6.04 Å². The molecule has 2 aromatic heterocycles. The van der Waals surface area contributed by atoms with Crippen molar-refractivity contribution in [2.45, 2.75) is 26.3 Å². The lowest BCUT2D eigenvalue weighted by molar-refractivity contribution is 0.605. The molecular formula is C13H15BrClNS2. The number of halogens is 2. The minimum absolute atomic E-state index is 0.255. The molecule has 0 fully saturated rings. The lowest BCUT2D eigenvalue weighted by Gasteiger charge is -2.17. The molecule has 0 amide bonds. The molecule has 1 nitrogen and oxygen atoms in total. The lowest BCUT2D eigenvalue weighted by Crippen LogP contribution is -2.22. The highest BCUT2D eigenvalue weighted by Crippen LogP contribution is 2.37. The Morgan fingerprint density at radius 1 is 1.39 bits per heavy atom. The van der Waals surface area contributed by atoms with Crippen molar-refractivity contribution in [3.8, 4) is 0 Å². The van der Waals surface area contributed by atoms with Crippen molar-refractivity contribution < 1.29 is 0 Å². The van der Waals surface area contributed by atoms with Gasteiger partial charge < -0.3 is 5.32 Å². The molecule has 0 aliphatic heterocycles. The zero-order chi connectivity index (χ0) is 13.1. The zero-order valence-electron chi connectivity index (χ0n) is 10.3. The van der Waals surface area contributed by atoms with Crippen LogP contribution < -0.4 is 5.32 Å². The van der Waals surface area contributed by atoms with Gasteiger partial charge in [-0.1, -0.05) is 18.5 Å². The number of hydrogen-bond acceptors (Lipinski definition) is 3. The quantitative estimate of drug-likeness (QED) is 0.725. The van der Waals surface area contributed by atoms with Crippen LogP contribution in [0.2, 0.25) is 4.34 Å². The van der Waals surface area contributed by atoms with E-state index in [0.717, 1.165) is 17.3 Å². The molecule has 5 heteroatoms. The van der Waals surface area contributed by atoms with Crippen molar-refractivity contribution in [2.75, 3.05) is 6.54 Å². The Labute approximate surface area is 129 Å². The van der Waals surface area contributed by atoms with Crippen LogP contribution in [0, 0.1) is 6.92 Å². The fourth-order valence-corrected chi connectivity index (χ4v) is 4.78. The van der Waals surface area contributed by atoms with Crippen LogP contribution in [0.5, 0.6) is 0 Å². The number of aryl methyl sites for hydroxylation is 1. The predicted molar refractivity (Wildman–Crippen MR) is 86.2 cm³/mol. The second kappa shape index (κ2) is 6.53. The number of thiophene rings is 2. The third-order valence-corrected chi connectivity index (χ3v) is 5.58. The van der Waals surface area contributed by atoms with E-state index in [1.807, 2.05) is 6.07 Å². The summed E-state index contributed by atoms with van der Waals surface area (Å²) in [5, 5.41) is 3.61. The predicted octanol–water partition coefficient (Wildman–Crippen LogP) is 5.62. The van der Waals surface area contributed by atoms with Gasteiger partial charge in [-0.05, 0) is 59.6 Å². The first-order chi connectivity index (χ1) is 8.61. The van der Waals surface area contributed by atoms with E-state index in [9.17, 15) is 0 Å². The SMILES string of the molecule is CCCNC(c1ccc(Cl)s1)c1cc(Br)sc1C. The van der Waals surface area contributed by atoms with Crippen molar-refractivity contribution >= 4 is 50.2 Å². The maximum absolute atomic E-state index is 6.06. The molecule has 1 atom stereocenters. The summed E-state index contributed by atoms with van der Waals surface area (Å²) in [4.78, 5) is 2.63. The first-order valence-electron chi connectivity index (χ1n) is 5.86. The Bertz CT molecular complexity index is 521. The minimum Gasteiger partial charge on any atom is -0.306 e. The molecule has 0 spiro atoms. The molecule has 0 aliphatic rings. The second-order valence-electron chi connectivity index (χ2n) is 4.09. The normalized spacial score (nSPS) is 12.9. The fraction of sp³-hybridized carbons (Fsp3) is 0.385. The maximum atomic E-state index is 6.06. The summed E-state index contributed by atoms with van der Waals surface area (Å²) in [7, 11) is 0. The molecule has 0 saturated heterocycles. The first-order valence-corrected chi connectivity index (χ1v) is 8.66.